The molecular formula is C30H53N3O16. The third-order valence-corrected chi connectivity index (χ3v) is 8.59. The summed E-state index contributed by atoms with van der Waals surface area (Å²) in [6, 6.07) is -1.38. The van der Waals surface area contributed by atoms with E-state index in [2.05, 4.69) is 16.0 Å². The van der Waals surface area contributed by atoms with Crippen molar-refractivity contribution in [1.29, 1.82) is 0 Å². The van der Waals surface area contributed by atoms with Crippen LogP contribution < -0.4 is 16.0 Å². The lowest BCUT2D eigenvalue weighted by atomic mass is 9.95. The first-order valence-corrected chi connectivity index (χ1v) is 16.6. The molecule has 0 radical (unpaired) electrons. The third-order valence-electron chi connectivity index (χ3n) is 8.59. The quantitative estimate of drug-likeness (QED) is 0.0636. The zero-order chi connectivity index (χ0) is 36.2. The Kier molecular flexibility index (Phi) is 16.9. The monoisotopic (exact) mass is 711 g/mol. The van der Waals surface area contributed by atoms with Crippen LogP contribution in [0.2, 0.25) is 0 Å². The minimum absolute atomic E-state index is 0.0162. The van der Waals surface area contributed by atoms with Crippen LogP contribution >= 0.6 is 0 Å². The van der Waals surface area contributed by atoms with Crippen LogP contribution in [0.4, 0.5) is 0 Å². The number of carbonyl (C=O) groups is 3. The molecule has 49 heavy (non-hydrogen) atoms. The maximum Gasteiger partial charge on any atom is 0.219 e. The molecule has 0 aromatic carbocycles. The molecular weight excluding hydrogens is 658 g/mol. The molecule has 19 nitrogen and oxygen atoms in total. The van der Waals surface area contributed by atoms with Gasteiger partial charge in [0.05, 0.1) is 32.0 Å². The van der Waals surface area contributed by atoms with Crippen molar-refractivity contribution in [3.05, 3.63) is 0 Å². The van der Waals surface area contributed by atoms with E-state index in [0.29, 0.717) is 25.7 Å². The van der Waals surface area contributed by atoms with E-state index in [1.54, 1.807) is 7.05 Å². The Hall–Kier alpha value is -2.11. The Morgan fingerprint density at radius 2 is 1.41 bits per heavy atom. The van der Waals surface area contributed by atoms with E-state index in [1.807, 2.05) is 0 Å². The van der Waals surface area contributed by atoms with Crippen LogP contribution in [0.3, 0.4) is 0 Å². The fourth-order valence-corrected chi connectivity index (χ4v) is 5.79. The van der Waals surface area contributed by atoms with Gasteiger partial charge in [0, 0.05) is 39.8 Å². The predicted octanol–water partition coefficient (Wildman–Crippen LogP) is -4.54. The van der Waals surface area contributed by atoms with Gasteiger partial charge in [0.15, 0.2) is 18.9 Å². The summed E-state index contributed by atoms with van der Waals surface area (Å²) >= 11 is 0. The van der Waals surface area contributed by atoms with Crippen molar-refractivity contribution in [2.24, 2.45) is 0 Å². The summed E-state index contributed by atoms with van der Waals surface area (Å²) in [5, 5.41) is 80.6. The van der Waals surface area contributed by atoms with Crippen molar-refractivity contribution in [1.82, 2.24) is 16.0 Å². The second-order valence-corrected chi connectivity index (χ2v) is 12.4. The molecule has 3 aliphatic heterocycles. The average Bonchev–Trinajstić information content (AvgIpc) is 3.06. The van der Waals surface area contributed by atoms with E-state index >= 15 is 0 Å². The highest BCUT2D eigenvalue weighted by Crippen LogP contribution is 2.33. The first-order chi connectivity index (χ1) is 23.3. The minimum Gasteiger partial charge on any atom is -0.394 e. The summed E-state index contributed by atoms with van der Waals surface area (Å²) in [5.41, 5.74) is 0. The van der Waals surface area contributed by atoms with E-state index in [4.69, 9.17) is 28.4 Å². The Morgan fingerprint density at radius 1 is 0.776 bits per heavy atom. The number of carbonyl (C=O) groups excluding carboxylic acids is 3. The van der Waals surface area contributed by atoms with Crippen LogP contribution in [-0.4, -0.2) is 173 Å². The Bertz CT molecular complexity index is 1030. The second kappa shape index (κ2) is 20.1. The molecule has 0 spiro atoms. The highest BCUT2D eigenvalue weighted by Gasteiger charge is 2.53. The normalized spacial score (nSPS) is 38.1. The number of amides is 3. The van der Waals surface area contributed by atoms with Gasteiger partial charge in [-0.1, -0.05) is 0 Å². The molecule has 3 heterocycles. The highest BCUT2D eigenvalue weighted by atomic mass is 16.8. The molecule has 8 unspecified atom stereocenters. The van der Waals surface area contributed by atoms with Gasteiger partial charge in [0.25, 0.3) is 0 Å². The Balaban J connectivity index is 1.75. The molecule has 3 fully saturated rings. The molecule has 284 valence electrons. The van der Waals surface area contributed by atoms with Crippen LogP contribution in [0.1, 0.15) is 52.4 Å². The molecule has 3 amide bonds. The second-order valence-electron chi connectivity index (χ2n) is 12.4. The zero-order valence-corrected chi connectivity index (χ0v) is 28.0. The molecule has 3 saturated heterocycles. The van der Waals surface area contributed by atoms with Gasteiger partial charge >= 0.3 is 0 Å². The van der Waals surface area contributed by atoms with Gasteiger partial charge in [0.2, 0.25) is 17.7 Å². The van der Waals surface area contributed by atoms with E-state index in [9.17, 15) is 50.1 Å². The zero-order valence-electron chi connectivity index (χ0n) is 28.0. The largest absolute Gasteiger partial charge is 0.394 e. The van der Waals surface area contributed by atoms with Crippen molar-refractivity contribution in [2.75, 3.05) is 33.4 Å². The fourth-order valence-electron chi connectivity index (χ4n) is 5.79. The first-order valence-electron chi connectivity index (χ1n) is 16.6. The topological polar surface area (TPSA) is 284 Å². The van der Waals surface area contributed by atoms with Gasteiger partial charge < -0.3 is 80.1 Å². The van der Waals surface area contributed by atoms with Crippen LogP contribution in [0.5, 0.6) is 0 Å². The van der Waals surface area contributed by atoms with Gasteiger partial charge in [-0.3, -0.25) is 14.4 Å². The van der Waals surface area contributed by atoms with E-state index in [-0.39, 0.29) is 37.8 Å². The predicted molar refractivity (Wildman–Crippen MR) is 164 cm³/mol. The van der Waals surface area contributed by atoms with Gasteiger partial charge in [0.1, 0.15) is 54.9 Å². The van der Waals surface area contributed by atoms with Gasteiger partial charge in [-0.05, 0) is 26.2 Å². The molecule has 0 aliphatic carbocycles. The van der Waals surface area contributed by atoms with Gasteiger partial charge in [-0.15, -0.1) is 0 Å². The molecule has 3 aliphatic rings. The number of hydrogen-bond donors (Lipinski definition) is 10. The maximum atomic E-state index is 12.2. The summed E-state index contributed by atoms with van der Waals surface area (Å²) < 4.78 is 35.4. The summed E-state index contributed by atoms with van der Waals surface area (Å²) in [5.74, 6) is -0.919. The van der Waals surface area contributed by atoms with Crippen molar-refractivity contribution in [2.45, 2.75) is 138 Å². The lowest BCUT2D eigenvalue weighted by molar-refractivity contribution is -0.375. The molecule has 0 saturated carbocycles. The number of unbranched alkanes of at least 4 members (excludes halogenated alkanes) is 1. The lowest BCUT2D eigenvalue weighted by Crippen LogP contribution is -2.68. The number of rotatable bonds is 17. The van der Waals surface area contributed by atoms with Gasteiger partial charge in [-0.2, -0.15) is 0 Å². The number of aliphatic hydroxyl groups excluding tert-OH is 7. The molecule has 0 aromatic heterocycles. The molecule has 14 atom stereocenters. The van der Waals surface area contributed by atoms with E-state index < -0.39 is 105 Å². The van der Waals surface area contributed by atoms with Crippen LogP contribution in [0.15, 0.2) is 0 Å². The SMILES string of the molecule is CNC(=O)CCCCC(=O)NCCCO[C@@H]1OC(CO)[C@H](O)C(O[C@H]2OC(CO)[C@H](O)C(O)C2NC(C)=O)C1O[C@H]1CC(O)[C@H](O)C(C)O1. The number of nitrogens with one attached hydrogen (secondary N) is 3. The number of ether oxygens (including phenoxy) is 6. The number of aliphatic hydroxyl groups is 7. The fraction of sp³-hybridized carbons (Fsp3) is 0.900. The van der Waals surface area contributed by atoms with Crippen LogP contribution in [0.25, 0.3) is 0 Å². The lowest BCUT2D eigenvalue weighted by Gasteiger charge is -2.49. The number of hydrogen-bond acceptors (Lipinski definition) is 16. The molecule has 3 rings (SSSR count). The van der Waals surface area contributed by atoms with Gasteiger partial charge in [-0.25, -0.2) is 0 Å². The maximum absolute atomic E-state index is 12.2. The van der Waals surface area contributed by atoms with E-state index in [0.717, 1.165) is 6.92 Å². The molecule has 19 heteroatoms. The van der Waals surface area contributed by atoms with Crippen molar-refractivity contribution in [3.8, 4) is 0 Å². The van der Waals surface area contributed by atoms with Crippen molar-refractivity contribution >= 4 is 17.7 Å². The summed E-state index contributed by atoms with van der Waals surface area (Å²) in [4.78, 5) is 35.5. The average molecular weight is 712 g/mol. The summed E-state index contributed by atoms with van der Waals surface area (Å²) in [7, 11) is 1.54. The molecule has 0 bridgehead atoms. The Morgan fingerprint density at radius 3 is 2.02 bits per heavy atom. The standard InChI is InChI=1S/C30H53N3O16/c1-14-23(40)16(37)11-21(45-14)48-28-27(49-29-22(33-15(2)36)26(43)24(41)17(12-34)46-29)25(42)18(13-35)47-30(28)44-10-6-9-32-20(39)8-5-4-7-19(38)31-3/h14,16-18,21-30,34-35,37,40-43H,4-13H2,1-3H3,(H,31,38)(H,32,39)(H,33,36)/t14?,16?,17?,18?,21-,22?,23+,24-,25-,26?,27?,28?,29+,30+/m0/s1. The summed E-state index contributed by atoms with van der Waals surface area (Å²) in [6.45, 7) is 1.46. The Labute approximate surface area is 284 Å². The van der Waals surface area contributed by atoms with Crippen LogP contribution in [0, 0.1) is 0 Å². The first kappa shape index (κ1) is 41.3. The molecule has 10 N–H and O–H groups in total. The smallest absolute Gasteiger partial charge is 0.219 e. The highest BCUT2D eigenvalue weighted by molar-refractivity contribution is 5.76. The molecule has 0 aromatic rings. The minimum atomic E-state index is -1.66. The van der Waals surface area contributed by atoms with Crippen LogP contribution in [-0.2, 0) is 42.8 Å². The third kappa shape index (κ3) is 11.7. The van der Waals surface area contributed by atoms with E-state index in [1.165, 1.54) is 6.92 Å². The van der Waals surface area contributed by atoms with Crippen molar-refractivity contribution in [3.63, 3.8) is 0 Å². The summed E-state index contributed by atoms with van der Waals surface area (Å²) in [6.07, 6.45) is -16.0. The van der Waals surface area contributed by atoms with Crippen molar-refractivity contribution < 1.29 is 78.6 Å².